The summed E-state index contributed by atoms with van der Waals surface area (Å²) in [6.07, 6.45) is 2.88. The number of amides is 2. The van der Waals surface area contributed by atoms with Gasteiger partial charge in [-0.05, 0) is 54.8 Å². The monoisotopic (exact) mass is 487 g/mol. The second-order valence-electron chi connectivity index (χ2n) is 9.34. The predicted octanol–water partition coefficient (Wildman–Crippen LogP) is 4.43. The largest absolute Gasteiger partial charge is 0.393 e. The summed E-state index contributed by atoms with van der Waals surface area (Å²) >= 11 is 0. The highest BCUT2D eigenvalue weighted by Crippen LogP contribution is 2.41. The van der Waals surface area contributed by atoms with Crippen LogP contribution in [0.3, 0.4) is 0 Å². The fourth-order valence-corrected chi connectivity index (χ4v) is 5.41. The van der Waals surface area contributed by atoms with E-state index < -0.39 is 30.5 Å². The molecule has 2 amide bonds. The maximum Gasteiger partial charge on any atom is 0.321 e. The Hall–Kier alpha value is -2.84. The molecule has 4 rings (SSSR count). The van der Waals surface area contributed by atoms with Gasteiger partial charge in [-0.3, -0.25) is 4.90 Å². The second kappa shape index (κ2) is 10.4. The number of nitrogens with zero attached hydrogens (tertiary/aromatic N) is 3. The number of benzene rings is 2. The number of halogens is 3. The Balaban J connectivity index is 1.70. The van der Waals surface area contributed by atoms with Crippen LogP contribution in [-0.4, -0.2) is 77.9 Å². The third-order valence-corrected chi connectivity index (χ3v) is 7.49. The number of rotatable bonds is 6. The summed E-state index contributed by atoms with van der Waals surface area (Å²) in [5, 5.41) is 10.6. The van der Waals surface area contributed by atoms with E-state index in [4.69, 9.17) is 0 Å². The summed E-state index contributed by atoms with van der Waals surface area (Å²) in [5.74, 6) is -1.18. The van der Waals surface area contributed by atoms with Crippen molar-refractivity contribution in [2.75, 3.05) is 40.0 Å². The number of likely N-dealkylation sites (tertiary alicyclic amines) is 1. The highest BCUT2D eigenvalue weighted by Gasteiger charge is 2.47. The minimum Gasteiger partial charge on any atom is -0.393 e. The molecule has 3 atom stereocenters. The first kappa shape index (κ1) is 25.3. The van der Waals surface area contributed by atoms with Crippen LogP contribution in [-0.2, 0) is 5.54 Å². The lowest BCUT2D eigenvalue weighted by atomic mass is 9.89. The minimum atomic E-state index is -1.25. The SMILES string of the molecule is CCN1CCC(N(C)C(=O)N2CC(c3cc(F)ccc3F)=C[C@@]2(CO)c2ccccc2)CC1CF. The van der Waals surface area contributed by atoms with Gasteiger partial charge in [0, 0.05) is 37.8 Å². The maximum absolute atomic E-state index is 14.7. The highest BCUT2D eigenvalue weighted by molar-refractivity contribution is 5.83. The number of hydrogen-bond acceptors (Lipinski definition) is 3. The van der Waals surface area contributed by atoms with E-state index in [1.165, 1.54) is 4.90 Å². The molecule has 2 heterocycles. The van der Waals surface area contributed by atoms with Crippen LogP contribution in [0.4, 0.5) is 18.0 Å². The van der Waals surface area contributed by atoms with Gasteiger partial charge in [-0.1, -0.05) is 37.3 Å². The molecule has 2 aromatic carbocycles. The highest BCUT2D eigenvalue weighted by atomic mass is 19.1. The number of aliphatic hydroxyl groups is 1. The zero-order valence-corrected chi connectivity index (χ0v) is 20.1. The van der Waals surface area contributed by atoms with Crippen LogP contribution in [0.1, 0.15) is 30.9 Å². The zero-order valence-electron chi connectivity index (χ0n) is 20.1. The molecule has 0 aromatic heterocycles. The first-order valence-corrected chi connectivity index (χ1v) is 12.0. The first-order chi connectivity index (χ1) is 16.8. The summed E-state index contributed by atoms with van der Waals surface area (Å²) in [6.45, 7) is 2.52. The molecular weight excluding hydrogens is 455 g/mol. The van der Waals surface area contributed by atoms with E-state index in [0.29, 0.717) is 30.5 Å². The van der Waals surface area contributed by atoms with Crippen molar-refractivity contribution in [3.63, 3.8) is 0 Å². The number of hydrogen-bond donors (Lipinski definition) is 1. The number of piperidine rings is 1. The summed E-state index contributed by atoms with van der Waals surface area (Å²) in [7, 11) is 1.69. The summed E-state index contributed by atoms with van der Waals surface area (Å²) in [6, 6.07) is 11.5. The van der Waals surface area contributed by atoms with Gasteiger partial charge in [-0.2, -0.15) is 0 Å². The van der Waals surface area contributed by atoms with Crippen molar-refractivity contribution in [2.45, 2.75) is 37.4 Å². The molecule has 2 aliphatic heterocycles. The fraction of sp³-hybridized carbons (Fsp3) is 0.444. The minimum absolute atomic E-state index is 0.000649. The van der Waals surface area contributed by atoms with Crippen molar-refractivity contribution in [2.24, 2.45) is 0 Å². The number of carbonyl (C=O) groups is 1. The Bertz CT molecular complexity index is 1080. The van der Waals surface area contributed by atoms with Crippen molar-refractivity contribution < 1.29 is 23.1 Å². The third-order valence-electron chi connectivity index (χ3n) is 7.49. The molecule has 0 saturated carbocycles. The normalized spacial score (nSPS) is 25.0. The Morgan fingerprint density at radius 3 is 2.60 bits per heavy atom. The van der Waals surface area contributed by atoms with E-state index >= 15 is 0 Å². The molecule has 1 fully saturated rings. The number of carbonyl (C=O) groups excluding carboxylic acids is 1. The fourth-order valence-electron chi connectivity index (χ4n) is 5.41. The molecular formula is C27H32F3N3O2. The van der Waals surface area contributed by atoms with Gasteiger partial charge < -0.3 is 14.9 Å². The van der Waals surface area contributed by atoms with E-state index in [-0.39, 0.29) is 30.2 Å². The molecule has 2 unspecified atom stereocenters. The number of alkyl halides is 1. The van der Waals surface area contributed by atoms with E-state index in [9.17, 15) is 23.1 Å². The molecule has 8 heteroatoms. The van der Waals surface area contributed by atoms with Gasteiger partial charge in [-0.25, -0.2) is 18.0 Å². The lowest BCUT2D eigenvalue weighted by molar-refractivity contribution is 0.0500. The van der Waals surface area contributed by atoms with Crippen LogP contribution < -0.4 is 0 Å². The Morgan fingerprint density at radius 1 is 1.20 bits per heavy atom. The number of urea groups is 1. The van der Waals surface area contributed by atoms with Gasteiger partial charge in [0.1, 0.15) is 23.8 Å². The summed E-state index contributed by atoms with van der Waals surface area (Å²) in [4.78, 5) is 19.1. The predicted molar refractivity (Wildman–Crippen MR) is 129 cm³/mol. The third kappa shape index (κ3) is 4.69. The van der Waals surface area contributed by atoms with Gasteiger partial charge in [-0.15, -0.1) is 0 Å². The molecule has 0 bridgehead atoms. The van der Waals surface area contributed by atoms with E-state index in [1.807, 2.05) is 13.0 Å². The molecule has 2 aliphatic rings. The second-order valence-corrected chi connectivity index (χ2v) is 9.34. The molecule has 5 nitrogen and oxygen atoms in total. The summed E-state index contributed by atoms with van der Waals surface area (Å²) < 4.78 is 42.4. The van der Waals surface area contributed by atoms with Crippen LogP contribution in [0.2, 0.25) is 0 Å². The van der Waals surface area contributed by atoms with Gasteiger partial charge in [0.05, 0.1) is 6.61 Å². The Labute approximate surface area is 204 Å². The van der Waals surface area contributed by atoms with E-state index in [0.717, 1.165) is 24.7 Å². The Kier molecular flexibility index (Phi) is 7.52. The molecule has 188 valence electrons. The average Bonchev–Trinajstić information content (AvgIpc) is 3.30. The Morgan fingerprint density at radius 2 is 1.94 bits per heavy atom. The van der Waals surface area contributed by atoms with Crippen molar-refractivity contribution in [1.82, 2.24) is 14.7 Å². The quantitative estimate of drug-likeness (QED) is 0.656. The van der Waals surface area contributed by atoms with Crippen LogP contribution >= 0.6 is 0 Å². The lowest BCUT2D eigenvalue weighted by Crippen LogP contribution is -2.57. The van der Waals surface area contributed by atoms with E-state index in [1.54, 1.807) is 42.3 Å². The molecule has 2 aromatic rings. The van der Waals surface area contributed by atoms with Gasteiger partial charge in [0.2, 0.25) is 0 Å². The first-order valence-electron chi connectivity index (χ1n) is 12.0. The van der Waals surface area contributed by atoms with Gasteiger partial charge >= 0.3 is 6.03 Å². The van der Waals surface area contributed by atoms with Gasteiger partial charge in [0.15, 0.2) is 0 Å². The maximum atomic E-state index is 14.7. The topological polar surface area (TPSA) is 47.0 Å². The van der Waals surface area contributed by atoms with E-state index in [2.05, 4.69) is 4.90 Å². The zero-order chi connectivity index (χ0) is 25.2. The molecule has 0 spiro atoms. The molecule has 35 heavy (non-hydrogen) atoms. The lowest BCUT2D eigenvalue weighted by Gasteiger charge is -2.44. The molecule has 1 saturated heterocycles. The van der Waals surface area contributed by atoms with Crippen LogP contribution in [0.15, 0.2) is 54.6 Å². The van der Waals surface area contributed by atoms with Crippen molar-refractivity contribution in [1.29, 1.82) is 0 Å². The van der Waals surface area contributed by atoms with Gasteiger partial charge in [0.25, 0.3) is 0 Å². The van der Waals surface area contributed by atoms with Crippen molar-refractivity contribution >= 4 is 11.6 Å². The standard InChI is InChI=1S/C27H32F3N3O2/c1-3-32-12-11-22(14-23(32)16-28)31(2)26(35)33-17-19(24-13-21(29)9-10-25(24)30)15-27(33,18-34)20-7-5-4-6-8-20/h4-10,13,15,22-23,34H,3,11-12,14,16-18H2,1-2H3/t22?,23?,27-/m1/s1. The average molecular weight is 488 g/mol. The van der Waals surface area contributed by atoms with Crippen LogP contribution in [0.5, 0.6) is 0 Å². The summed E-state index contributed by atoms with van der Waals surface area (Å²) in [5.41, 5.74) is -0.0994. The molecule has 0 radical (unpaired) electrons. The molecule has 0 aliphatic carbocycles. The smallest absolute Gasteiger partial charge is 0.321 e. The van der Waals surface area contributed by atoms with Crippen molar-refractivity contribution in [3.8, 4) is 0 Å². The molecule has 1 N–H and O–H groups in total. The van der Waals surface area contributed by atoms with Crippen LogP contribution in [0.25, 0.3) is 5.57 Å². The number of aliphatic hydroxyl groups excluding tert-OH is 1. The van der Waals surface area contributed by atoms with Crippen molar-refractivity contribution in [3.05, 3.63) is 77.4 Å². The van der Waals surface area contributed by atoms with Crippen LogP contribution in [0, 0.1) is 11.6 Å².